The van der Waals surface area contributed by atoms with Gasteiger partial charge < -0.3 is 82.5 Å². The van der Waals surface area contributed by atoms with E-state index in [9.17, 15) is 103 Å². The highest BCUT2D eigenvalue weighted by Crippen LogP contribution is 2.42. The molecule has 0 aliphatic carbocycles. The van der Waals surface area contributed by atoms with Gasteiger partial charge in [-0.25, -0.2) is 49.2 Å². The number of hydrogen-bond acceptors (Lipinski definition) is 31. The molecule has 5 aromatic carbocycles. The number of thiazole rings is 2. The minimum absolute atomic E-state index is 0.00749. The summed E-state index contributed by atoms with van der Waals surface area (Å²) in [5.41, 5.74) is -0.805. The third kappa shape index (κ3) is 16.9. The average molecular weight is 1670 g/mol. The van der Waals surface area contributed by atoms with Crippen molar-refractivity contribution in [2.45, 2.75) is 82.9 Å². The van der Waals surface area contributed by atoms with Gasteiger partial charge in [-0.1, -0.05) is 101 Å². The number of carbonyl (C=O) groups is 14. The highest BCUT2D eigenvalue weighted by Gasteiger charge is 2.53. The van der Waals surface area contributed by atoms with Crippen LogP contribution in [0.25, 0.3) is 0 Å². The summed E-state index contributed by atoms with van der Waals surface area (Å²) in [5, 5.41) is 97.2. The zero-order valence-corrected chi connectivity index (χ0v) is 65.5. The number of aliphatic carboxylic acids is 3. The number of hydrazine groups is 2. The van der Waals surface area contributed by atoms with Crippen LogP contribution in [0.5, 0.6) is 23.0 Å². The first-order valence-corrected chi connectivity index (χ1v) is 37.7. The van der Waals surface area contributed by atoms with E-state index < -0.39 is 163 Å². The number of nitrogens with two attached hydrogens (primary N) is 1. The lowest BCUT2D eigenvalue weighted by Crippen LogP contribution is -2.46. The van der Waals surface area contributed by atoms with Crippen molar-refractivity contribution in [3.63, 3.8) is 0 Å². The number of oxime groups is 2. The molecule has 8 heterocycles. The molecule has 13 rings (SSSR count). The molecule has 2 saturated heterocycles. The zero-order valence-electron chi connectivity index (χ0n) is 63.9. The molecule has 6 aliphatic rings. The van der Waals surface area contributed by atoms with Crippen molar-refractivity contribution in [3.05, 3.63) is 199 Å². The number of hydrogen-bond donors (Lipinski definition) is 13. The van der Waals surface area contributed by atoms with Crippen molar-refractivity contribution < 1.29 is 117 Å². The number of phenolic OH excluding ortho intramolecular Hbond substituents is 4. The summed E-state index contributed by atoms with van der Waals surface area (Å²) < 4.78 is 5.54. The Hall–Kier alpha value is -14.5. The summed E-state index contributed by atoms with van der Waals surface area (Å²) in [5.74, 6) is -16.5. The molecule has 40 nitrogen and oxygen atoms in total. The Labute approximate surface area is 680 Å². The first kappa shape index (κ1) is 83.9. The van der Waals surface area contributed by atoms with Crippen molar-refractivity contribution in [1.29, 1.82) is 0 Å². The van der Waals surface area contributed by atoms with Crippen molar-refractivity contribution in [2.24, 2.45) is 10.3 Å². The second-order valence-corrected chi connectivity index (χ2v) is 30.8. The second kappa shape index (κ2) is 33.0. The van der Waals surface area contributed by atoms with E-state index in [1.165, 1.54) is 43.1 Å². The van der Waals surface area contributed by atoms with E-state index in [4.69, 9.17) is 25.1 Å². The van der Waals surface area contributed by atoms with Crippen LogP contribution in [0.1, 0.15) is 118 Å². The number of amides is 10. The minimum atomic E-state index is -1.85. The normalized spacial score (nSPS) is 16.9. The summed E-state index contributed by atoms with van der Waals surface area (Å²) in [6.45, 7) is 7.59. The standard InChI is InChI=1S/C50H48N8O12S.C27H26N8O12S/c1-48(2,3)69-46(68)49(4,5)70-55-38(35-27-71-47(53-35)54-50(28-15-9-6-10-16-28,29-17-11-7-12-18-29)30-19-13-8-14-20-30)41(62)52-34-26-56-25-33(39(45(66)67)58(56)44(34)65)40(61)51-21-22-57-42(63)31-23-36(59)37(60)24-32(31)43(57)64;1-27(2,25(45)46)47-32-17(14-9-48-26(28)31-14)20(39)30-13-8-33-7-12(18(24(43)44)35(33)23(13)42)19(38)29-3-4-34-21(40)10-5-15(36)16(37)6-11(10)22(34)41/h6-20,23-24,27,34,59-60H,21-22,25-26H2,1-5H3,(H,51,61)(H,52,62)(H,53,54)(H,66,67);5-6,9,13,36-37H,3-4,7-8H2,1-2H3,(H2,28,31)(H,29,38)(H,30,39)(H,43,44)(H,45,46)/b55-38-;32-17-/t34-;13-/m00/s1. The molecule has 2 atom stereocenters. The van der Waals surface area contributed by atoms with E-state index in [1.54, 1.807) is 26.2 Å². The van der Waals surface area contributed by atoms with E-state index in [2.05, 4.69) is 41.9 Å². The first-order chi connectivity index (χ1) is 56.2. The molecule has 119 heavy (non-hydrogen) atoms. The lowest BCUT2D eigenvalue weighted by Gasteiger charge is -2.36. The third-order valence-corrected chi connectivity index (χ3v) is 20.4. The summed E-state index contributed by atoms with van der Waals surface area (Å²) >= 11 is 2.10. The van der Waals surface area contributed by atoms with Gasteiger partial charge in [-0.15, -0.1) is 22.7 Å². The Balaban J connectivity index is 0.000000236. The van der Waals surface area contributed by atoms with Crippen molar-refractivity contribution in [3.8, 4) is 23.0 Å². The SMILES string of the molecule is CC(C)(C)OC(=O)C(C)(C)O/N=C(\C(=O)N[C@H]1CN2CC(C(=O)NCCN3C(=O)c4cc(O)c(O)cc4C3=O)=C(C(=O)O)N2C1=O)c1csc(NC(c2ccccc2)(c2ccccc2)c2ccccc2)n1.CC(C)(O/N=C(\C(=O)N[C@H]1CN2CC(C(=O)NCCN3C(=O)c4cc(O)c(O)cc4C3=O)=C(C(=O)O)N2C1=O)c1csc(N)n1)C(=O)O. The Morgan fingerprint density at radius 3 is 1.23 bits per heavy atom. The molecule has 0 bridgehead atoms. The van der Waals surface area contributed by atoms with Crippen LogP contribution in [0.3, 0.4) is 0 Å². The first-order valence-electron chi connectivity index (χ1n) is 36.0. The summed E-state index contributed by atoms with van der Waals surface area (Å²) in [6.07, 6.45) is 0. The van der Waals surface area contributed by atoms with Gasteiger partial charge in [-0.05, 0) is 89.4 Å². The maximum absolute atomic E-state index is 14.5. The number of fused-ring (bicyclic) bond motifs is 4. The summed E-state index contributed by atoms with van der Waals surface area (Å²) in [7, 11) is 0. The van der Waals surface area contributed by atoms with E-state index >= 15 is 0 Å². The Bertz CT molecular complexity index is 5370. The fourth-order valence-electron chi connectivity index (χ4n) is 13.1. The van der Waals surface area contributed by atoms with Crippen LogP contribution in [-0.2, 0) is 67.9 Å². The number of phenols is 4. The number of carboxylic acids is 3. The number of rotatable bonds is 27. The smallest absolute Gasteiger partial charge is 0.354 e. The molecule has 2 aromatic heterocycles. The molecule has 618 valence electrons. The lowest BCUT2D eigenvalue weighted by atomic mass is 9.77. The highest BCUT2D eigenvalue weighted by molar-refractivity contribution is 7.14. The van der Waals surface area contributed by atoms with Crippen molar-refractivity contribution >= 4 is 127 Å². The van der Waals surface area contributed by atoms with Gasteiger partial charge in [0.25, 0.3) is 59.1 Å². The fourth-order valence-corrected chi connectivity index (χ4v) is 14.4. The van der Waals surface area contributed by atoms with Crippen molar-refractivity contribution in [2.75, 3.05) is 63.4 Å². The average Bonchev–Trinajstić information content (AvgIpc) is 1.61. The van der Waals surface area contributed by atoms with Gasteiger partial charge in [0.2, 0.25) is 11.2 Å². The number of carbonyl (C=O) groups excluding carboxylic acids is 11. The largest absolute Gasteiger partial charge is 0.504 e. The monoisotopic (exact) mass is 1670 g/mol. The van der Waals surface area contributed by atoms with Crippen LogP contribution in [-0.4, -0.2) is 251 Å². The van der Waals surface area contributed by atoms with Gasteiger partial charge in [-0.3, -0.25) is 57.7 Å². The molecule has 14 N–H and O–H groups in total. The molecule has 7 aromatic rings. The predicted octanol–water partition coefficient (Wildman–Crippen LogP) is 2.14. The van der Waals surface area contributed by atoms with Gasteiger partial charge >= 0.3 is 23.9 Å². The predicted molar refractivity (Wildman–Crippen MR) is 415 cm³/mol. The third-order valence-electron chi connectivity index (χ3n) is 19.0. The Kier molecular flexibility index (Phi) is 23.3. The van der Waals surface area contributed by atoms with Gasteiger partial charge in [-0.2, -0.15) is 0 Å². The maximum atomic E-state index is 14.5. The van der Waals surface area contributed by atoms with E-state index in [0.717, 1.165) is 83.4 Å². The number of ether oxygens (including phenoxy) is 1. The van der Waals surface area contributed by atoms with Gasteiger partial charge in [0.05, 0.1) is 46.5 Å². The van der Waals surface area contributed by atoms with Gasteiger partial charge in [0, 0.05) is 50.0 Å². The molecular weight excluding hydrogens is 1600 g/mol. The molecule has 0 saturated carbocycles. The van der Waals surface area contributed by atoms with Crippen molar-refractivity contribution in [1.82, 2.24) is 61.1 Å². The molecular formula is C77H74N16O24S2. The van der Waals surface area contributed by atoms with Crippen LogP contribution in [0.2, 0.25) is 0 Å². The molecule has 6 aliphatic heterocycles. The topological polar surface area (TPSA) is 564 Å². The van der Waals surface area contributed by atoms with Crippen LogP contribution in [0.4, 0.5) is 10.3 Å². The quantitative estimate of drug-likeness (QED) is 0.00876. The number of anilines is 2. The molecule has 0 spiro atoms. The molecule has 10 amide bonds. The number of nitrogens with one attached hydrogen (secondary N) is 5. The second-order valence-electron chi connectivity index (χ2n) is 29.1. The van der Waals surface area contributed by atoms with E-state index in [0.29, 0.717) is 5.13 Å². The maximum Gasteiger partial charge on any atom is 0.354 e. The number of nitrogens with zero attached hydrogens (tertiary/aromatic N) is 10. The van der Waals surface area contributed by atoms with Crippen LogP contribution >= 0.6 is 22.7 Å². The van der Waals surface area contributed by atoms with Crippen LogP contribution < -0.4 is 32.3 Å². The number of carboxylic acid groups (broad SMARTS) is 3. The lowest BCUT2D eigenvalue weighted by molar-refractivity contribution is -0.179. The number of imide groups is 2. The van der Waals surface area contributed by atoms with Gasteiger partial charge in [0.1, 0.15) is 34.6 Å². The van der Waals surface area contributed by atoms with Crippen LogP contribution in [0, 0.1) is 0 Å². The number of esters is 1. The highest BCUT2D eigenvalue weighted by atomic mass is 32.1. The number of aromatic hydroxyl groups is 4. The van der Waals surface area contributed by atoms with Gasteiger partial charge in [0.15, 0.2) is 56.1 Å². The van der Waals surface area contributed by atoms with E-state index in [-0.39, 0.29) is 102 Å². The fraction of sp³-hybridized carbons (Fsp3) is 0.273. The Morgan fingerprint density at radius 2 is 0.882 bits per heavy atom. The summed E-state index contributed by atoms with van der Waals surface area (Å²) in [4.78, 5) is 203. The number of aromatic nitrogens is 2. The Morgan fingerprint density at radius 1 is 0.521 bits per heavy atom. The van der Waals surface area contributed by atoms with Crippen LogP contribution in [0.15, 0.2) is 159 Å². The molecule has 2 fully saturated rings. The molecule has 0 unspecified atom stereocenters. The zero-order chi connectivity index (χ0) is 86.2. The molecule has 42 heteroatoms. The minimum Gasteiger partial charge on any atom is -0.504 e. The number of nitrogen functional groups attached to an aromatic ring is 1. The summed E-state index contributed by atoms with van der Waals surface area (Å²) in [6, 6.07) is 30.3. The number of benzene rings is 5. The van der Waals surface area contributed by atoms with E-state index in [1.807, 2.05) is 91.0 Å². The molecule has 0 radical (unpaired) electrons.